The molecule has 0 radical (unpaired) electrons. The van der Waals surface area contributed by atoms with Gasteiger partial charge in [0, 0.05) is 11.6 Å². The largest absolute Gasteiger partial charge is 0.378 e. The number of para-hydroxylation sites is 1. The van der Waals surface area contributed by atoms with Gasteiger partial charge in [0.25, 0.3) is 0 Å². The summed E-state index contributed by atoms with van der Waals surface area (Å²) < 4.78 is 0. The van der Waals surface area contributed by atoms with Crippen LogP contribution >= 0.6 is 0 Å². The van der Waals surface area contributed by atoms with Crippen molar-refractivity contribution < 1.29 is 0 Å². The Morgan fingerprint density at radius 2 is 1.70 bits per heavy atom. The Morgan fingerprint density at radius 3 is 2.55 bits per heavy atom. The molecule has 3 unspecified atom stereocenters. The summed E-state index contributed by atoms with van der Waals surface area (Å²) in [6, 6.07) is 17.9. The van der Waals surface area contributed by atoms with Gasteiger partial charge in [-0.25, -0.2) is 0 Å². The lowest BCUT2D eigenvalue weighted by Gasteiger charge is -2.38. The molecule has 1 heteroatoms. The van der Waals surface area contributed by atoms with Gasteiger partial charge in [-0.1, -0.05) is 54.6 Å². The summed E-state index contributed by atoms with van der Waals surface area (Å²) in [7, 11) is 0. The minimum atomic E-state index is 0.422. The third-order valence-electron chi connectivity index (χ3n) is 4.80. The van der Waals surface area contributed by atoms with E-state index in [1.165, 1.54) is 28.8 Å². The summed E-state index contributed by atoms with van der Waals surface area (Å²) in [5.41, 5.74) is 5.58. The predicted octanol–water partition coefficient (Wildman–Crippen LogP) is 4.82. The van der Waals surface area contributed by atoms with Crippen LogP contribution in [0.1, 0.15) is 35.1 Å². The highest BCUT2D eigenvalue weighted by Crippen LogP contribution is 2.49. The molecule has 20 heavy (non-hydrogen) atoms. The fraction of sp³-hybridized carbons (Fsp3) is 0.263. The zero-order valence-electron chi connectivity index (χ0n) is 11.7. The Morgan fingerprint density at radius 1 is 0.950 bits per heavy atom. The van der Waals surface area contributed by atoms with Gasteiger partial charge >= 0.3 is 0 Å². The van der Waals surface area contributed by atoms with Gasteiger partial charge in [0.05, 0.1) is 6.04 Å². The van der Waals surface area contributed by atoms with E-state index in [0.717, 1.165) is 0 Å². The molecule has 2 aromatic carbocycles. The van der Waals surface area contributed by atoms with Crippen LogP contribution in [0, 0.1) is 12.8 Å². The number of benzene rings is 2. The lowest BCUT2D eigenvalue weighted by Crippen LogP contribution is -2.29. The molecular formula is C19H19N. The molecule has 3 atom stereocenters. The molecule has 0 aromatic heterocycles. The maximum absolute atomic E-state index is 3.79. The molecule has 2 aliphatic rings. The van der Waals surface area contributed by atoms with E-state index >= 15 is 0 Å². The molecule has 1 nitrogen and oxygen atoms in total. The zero-order valence-corrected chi connectivity index (χ0v) is 11.7. The third-order valence-corrected chi connectivity index (χ3v) is 4.80. The van der Waals surface area contributed by atoms with E-state index in [0.29, 0.717) is 17.9 Å². The van der Waals surface area contributed by atoms with Crippen LogP contribution in [0.2, 0.25) is 0 Å². The Labute approximate surface area is 120 Å². The number of hydrogen-bond donors (Lipinski definition) is 1. The quantitative estimate of drug-likeness (QED) is 0.726. The van der Waals surface area contributed by atoms with E-state index in [4.69, 9.17) is 0 Å². The number of allylic oxidation sites excluding steroid dienone is 2. The monoisotopic (exact) mass is 261 g/mol. The number of anilines is 1. The second-order valence-electron chi connectivity index (χ2n) is 5.92. The summed E-state index contributed by atoms with van der Waals surface area (Å²) >= 11 is 0. The SMILES string of the molecule is Cc1ccccc1C1Nc2ccccc2C2C=CCC21. The molecule has 0 amide bonds. The first kappa shape index (κ1) is 11.8. The Kier molecular flexibility index (Phi) is 2.66. The van der Waals surface area contributed by atoms with Gasteiger partial charge in [0.1, 0.15) is 0 Å². The topological polar surface area (TPSA) is 12.0 Å². The van der Waals surface area contributed by atoms with Crippen molar-refractivity contribution in [2.24, 2.45) is 5.92 Å². The molecule has 1 aliphatic heterocycles. The lowest BCUT2D eigenvalue weighted by atomic mass is 9.76. The molecule has 1 N–H and O–H groups in total. The summed E-state index contributed by atoms with van der Waals surface area (Å²) in [4.78, 5) is 0. The molecule has 0 fully saturated rings. The highest BCUT2D eigenvalue weighted by molar-refractivity contribution is 5.59. The van der Waals surface area contributed by atoms with Crippen molar-refractivity contribution in [3.05, 3.63) is 77.4 Å². The van der Waals surface area contributed by atoms with Crippen molar-refractivity contribution in [3.8, 4) is 0 Å². The first-order valence-electron chi connectivity index (χ1n) is 7.42. The number of nitrogens with one attached hydrogen (secondary N) is 1. The summed E-state index contributed by atoms with van der Waals surface area (Å²) in [5, 5.41) is 3.79. The van der Waals surface area contributed by atoms with Crippen molar-refractivity contribution >= 4 is 5.69 Å². The fourth-order valence-corrected chi connectivity index (χ4v) is 3.79. The molecule has 0 saturated carbocycles. The van der Waals surface area contributed by atoms with E-state index < -0.39 is 0 Å². The third kappa shape index (κ3) is 1.70. The van der Waals surface area contributed by atoms with Crippen LogP contribution in [0.3, 0.4) is 0 Å². The summed E-state index contributed by atoms with van der Waals surface area (Å²) in [6.07, 6.45) is 5.92. The second-order valence-corrected chi connectivity index (χ2v) is 5.92. The van der Waals surface area contributed by atoms with Crippen LogP contribution < -0.4 is 5.32 Å². The maximum Gasteiger partial charge on any atom is 0.0556 e. The van der Waals surface area contributed by atoms with Crippen molar-refractivity contribution in [2.45, 2.75) is 25.3 Å². The normalized spacial score (nSPS) is 26.8. The molecule has 1 heterocycles. The fourth-order valence-electron chi connectivity index (χ4n) is 3.79. The van der Waals surface area contributed by atoms with Crippen LogP contribution in [-0.2, 0) is 0 Å². The van der Waals surface area contributed by atoms with Crippen molar-refractivity contribution in [1.29, 1.82) is 0 Å². The first-order chi connectivity index (χ1) is 9.84. The number of hydrogen-bond acceptors (Lipinski definition) is 1. The van der Waals surface area contributed by atoms with Gasteiger partial charge in [0.15, 0.2) is 0 Å². The van der Waals surface area contributed by atoms with Crippen LogP contribution in [0.4, 0.5) is 5.69 Å². The number of fused-ring (bicyclic) bond motifs is 3. The smallest absolute Gasteiger partial charge is 0.0556 e. The van der Waals surface area contributed by atoms with E-state index in [1.807, 2.05) is 0 Å². The van der Waals surface area contributed by atoms with E-state index in [9.17, 15) is 0 Å². The lowest BCUT2D eigenvalue weighted by molar-refractivity contribution is 0.424. The van der Waals surface area contributed by atoms with Gasteiger partial charge in [0.2, 0.25) is 0 Å². The van der Waals surface area contributed by atoms with Crippen molar-refractivity contribution in [1.82, 2.24) is 0 Å². The van der Waals surface area contributed by atoms with Gasteiger partial charge < -0.3 is 5.32 Å². The molecular weight excluding hydrogens is 242 g/mol. The minimum Gasteiger partial charge on any atom is -0.378 e. The van der Waals surface area contributed by atoms with Gasteiger partial charge in [-0.05, 0) is 42.0 Å². The van der Waals surface area contributed by atoms with E-state index in [2.05, 4.69) is 72.9 Å². The molecule has 100 valence electrons. The average Bonchev–Trinajstić information content (AvgIpc) is 2.97. The Hall–Kier alpha value is -2.02. The van der Waals surface area contributed by atoms with Crippen molar-refractivity contribution in [3.63, 3.8) is 0 Å². The molecule has 0 saturated heterocycles. The molecule has 4 rings (SSSR count). The Bertz CT molecular complexity index is 671. The van der Waals surface area contributed by atoms with Gasteiger partial charge in [-0.2, -0.15) is 0 Å². The zero-order chi connectivity index (χ0) is 13.5. The molecule has 2 aromatic rings. The average molecular weight is 261 g/mol. The van der Waals surface area contributed by atoms with Crippen LogP contribution in [0.5, 0.6) is 0 Å². The second kappa shape index (κ2) is 4.52. The summed E-state index contributed by atoms with van der Waals surface area (Å²) in [6.45, 7) is 2.22. The summed E-state index contributed by atoms with van der Waals surface area (Å²) in [5.74, 6) is 1.21. The van der Waals surface area contributed by atoms with Crippen LogP contribution in [0.25, 0.3) is 0 Å². The standard InChI is InChI=1S/C19H19N/c1-13-7-2-3-8-14(13)19-17-11-6-10-15(17)16-9-4-5-12-18(16)20-19/h2-10,12,15,17,19-20H,11H2,1H3. The predicted molar refractivity (Wildman–Crippen MR) is 84.0 cm³/mol. The molecule has 0 spiro atoms. The highest BCUT2D eigenvalue weighted by atomic mass is 15.0. The van der Waals surface area contributed by atoms with Crippen LogP contribution in [-0.4, -0.2) is 0 Å². The van der Waals surface area contributed by atoms with E-state index in [-0.39, 0.29) is 0 Å². The molecule has 0 bridgehead atoms. The molecule has 1 aliphatic carbocycles. The first-order valence-corrected chi connectivity index (χ1v) is 7.42. The number of aryl methyl sites for hydroxylation is 1. The Balaban J connectivity index is 1.82. The minimum absolute atomic E-state index is 0.422. The van der Waals surface area contributed by atoms with Gasteiger partial charge in [-0.3, -0.25) is 0 Å². The van der Waals surface area contributed by atoms with E-state index in [1.54, 1.807) is 0 Å². The maximum atomic E-state index is 3.79. The number of rotatable bonds is 1. The van der Waals surface area contributed by atoms with Crippen molar-refractivity contribution in [2.75, 3.05) is 5.32 Å². The van der Waals surface area contributed by atoms with Crippen LogP contribution in [0.15, 0.2) is 60.7 Å². The highest BCUT2D eigenvalue weighted by Gasteiger charge is 2.37. The van der Waals surface area contributed by atoms with Gasteiger partial charge in [-0.15, -0.1) is 0 Å².